The Kier molecular flexibility index (Phi) is 6.32. The third-order valence-corrected chi connectivity index (χ3v) is 6.83. The summed E-state index contributed by atoms with van der Waals surface area (Å²) in [4.78, 5) is -1.28. The zero-order chi connectivity index (χ0) is 22.5. The largest absolute Gasteiger partial charge is 0.439 e. The normalized spacial score (nSPS) is 14.8. The van der Waals surface area contributed by atoms with Gasteiger partial charge in [0.05, 0.1) is 4.90 Å². The Morgan fingerprint density at radius 2 is 1.14 bits per heavy atom. The van der Waals surface area contributed by atoms with E-state index in [1.54, 1.807) is 0 Å². The topological polar surface area (TPSA) is 88.5 Å². The molecule has 1 aromatic rings. The monoisotopic (exact) mass is 456 g/mol. The molecule has 13 heteroatoms. The molecule has 0 saturated carbocycles. The summed E-state index contributed by atoms with van der Waals surface area (Å²) >= 11 is 0. The van der Waals surface area contributed by atoms with Gasteiger partial charge in [0, 0.05) is 0 Å². The summed E-state index contributed by atoms with van der Waals surface area (Å²) in [5, 5.41) is -13.3. The Balaban J connectivity index is 3.96. The van der Waals surface area contributed by atoms with E-state index in [-0.39, 0.29) is 11.1 Å². The smallest absolute Gasteiger partial charge is 0.281 e. The van der Waals surface area contributed by atoms with Crippen molar-refractivity contribution in [3.05, 3.63) is 29.3 Å². The lowest BCUT2D eigenvalue weighted by molar-refractivity contribution is -0.245. The van der Waals surface area contributed by atoms with Crippen LogP contribution in [-0.4, -0.2) is 37.8 Å². The minimum absolute atomic E-state index is 0.336. The first-order chi connectivity index (χ1) is 12.2. The van der Waals surface area contributed by atoms with E-state index in [1.165, 1.54) is 33.8 Å². The molecular formula is C15H18F6O5S2. The van der Waals surface area contributed by atoms with Gasteiger partial charge >= 0.3 is 26.5 Å². The summed E-state index contributed by atoms with van der Waals surface area (Å²) in [6.07, 6.45) is 0. The van der Waals surface area contributed by atoms with Gasteiger partial charge in [-0.25, -0.2) is 8.42 Å². The zero-order valence-electron chi connectivity index (χ0n) is 15.1. The van der Waals surface area contributed by atoms with E-state index in [2.05, 4.69) is 0 Å². The van der Waals surface area contributed by atoms with Gasteiger partial charge in [0.2, 0.25) is 0 Å². The van der Waals surface area contributed by atoms with Crippen LogP contribution in [0.3, 0.4) is 0 Å². The third-order valence-electron chi connectivity index (χ3n) is 3.98. The highest BCUT2D eigenvalue weighted by molar-refractivity contribution is 7.92. The maximum Gasteiger partial charge on any atom is 0.439 e. The summed E-state index contributed by atoms with van der Waals surface area (Å²) in [6, 6.07) is 3.39. The van der Waals surface area contributed by atoms with E-state index in [0.29, 0.717) is 0 Å². The first-order valence-electron chi connectivity index (χ1n) is 7.73. The number of hydrogen-bond donors (Lipinski definition) is 1. The Morgan fingerprint density at radius 1 is 0.786 bits per heavy atom. The fourth-order valence-corrected chi connectivity index (χ4v) is 4.89. The van der Waals surface area contributed by atoms with Crippen LogP contribution in [0.1, 0.15) is 50.7 Å². The van der Waals surface area contributed by atoms with Crippen LogP contribution >= 0.6 is 0 Å². The number of rotatable bonds is 7. The van der Waals surface area contributed by atoms with Gasteiger partial charge in [-0.3, -0.25) is 4.55 Å². The van der Waals surface area contributed by atoms with Crippen molar-refractivity contribution in [1.82, 2.24) is 0 Å². The van der Waals surface area contributed by atoms with Crippen LogP contribution in [0.25, 0.3) is 0 Å². The molecule has 5 nitrogen and oxygen atoms in total. The molecule has 0 fully saturated rings. The van der Waals surface area contributed by atoms with Crippen LogP contribution in [0.15, 0.2) is 23.1 Å². The molecular weight excluding hydrogens is 438 g/mol. The maximum absolute atomic E-state index is 14.4. The van der Waals surface area contributed by atoms with Crippen molar-refractivity contribution in [3.63, 3.8) is 0 Å². The van der Waals surface area contributed by atoms with Gasteiger partial charge in [0.25, 0.3) is 9.84 Å². The molecule has 0 radical (unpaired) electrons. The van der Waals surface area contributed by atoms with Gasteiger partial charge < -0.3 is 0 Å². The number of alkyl halides is 6. The molecule has 0 amide bonds. The second kappa shape index (κ2) is 7.17. The third kappa shape index (κ3) is 3.52. The van der Waals surface area contributed by atoms with E-state index in [9.17, 15) is 43.2 Å². The lowest BCUT2D eigenvalue weighted by atomic mass is 9.95. The summed E-state index contributed by atoms with van der Waals surface area (Å²) in [6.45, 7) is 5.45. The van der Waals surface area contributed by atoms with Crippen LogP contribution in [-0.2, 0) is 20.0 Å². The number of halogens is 6. The van der Waals surface area contributed by atoms with Gasteiger partial charge in [0.15, 0.2) is 0 Å². The number of sulfone groups is 1. The minimum atomic E-state index is -7.07. The van der Waals surface area contributed by atoms with E-state index in [4.69, 9.17) is 4.55 Å². The van der Waals surface area contributed by atoms with Crippen molar-refractivity contribution < 1.29 is 47.7 Å². The quantitative estimate of drug-likeness (QED) is 0.485. The van der Waals surface area contributed by atoms with Gasteiger partial charge in [-0.15, -0.1) is 0 Å². The lowest BCUT2D eigenvalue weighted by Gasteiger charge is -2.32. The van der Waals surface area contributed by atoms with E-state index < -0.39 is 53.1 Å². The summed E-state index contributed by atoms with van der Waals surface area (Å²) in [5.41, 5.74) is -0.673. The molecule has 0 unspecified atom stereocenters. The molecule has 1 aromatic carbocycles. The van der Waals surface area contributed by atoms with Crippen molar-refractivity contribution in [2.45, 2.75) is 60.9 Å². The van der Waals surface area contributed by atoms with Crippen LogP contribution < -0.4 is 0 Å². The van der Waals surface area contributed by atoms with Crippen LogP contribution in [0.2, 0.25) is 0 Å². The molecule has 0 saturated heterocycles. The molecule has 1 rings (SSSR count). The standard InChI is InChI=1S/C15H18F6O5S2/c1-8(2)10-6-5-7-11(9(3)4)12(10)27(22,23)14(18,19)13(16,17)15(20,21)28(24,25)26/h5-9H,1-4H3,(H,24,25,26). The Bertz CT molecular complexity index is 927. The first-order valence-corrected chi connectivity index (χ1v) is 10.6. The van der Waals surface area contributed by atoms with Gasteiger partial charge in [0.1, 0.15) is 0 Å². The zero-order valence-corrected chi connectivity index (χ0v) is 16.7. The van der Waals surface area contributed by atoms with Crippen molar-refractivity contribution in [2.24, 2.45) is 0 Å². The van der Waals surface area contributed by atoms with E-state index >= 15 is 0 Å². The maximum atomic E-state index is 14.4. The molecule has 0 spiro atoms. The fraction of sp³-hybridized carbons (Fsp3) is 0.600. The van der Waals surface area contributed by atoms with Crippen LogP contribution in [0.5, 0.6) is 0 Å². The van der Waals surface area contributed by atoms with Crippen molar-refractivity contribution >= 4 is 20.0 Å². The van der Waals surface area contributed by atoms with Crippen LogP contribution in [0, 0.1) is 0 Å². The molecule has 0 aliphatic heterocycles. The SMILES string of the molecule is CC(C)c1cccc(C(C)C)c1S(=O)(=O)C(F)(F)C(F)(F)C(F)(F)S(=O)(=O)O. The van der Waals surface area contributed by atoms with Gasteiger partial charge in [-0.1, -0.05) is 45.9 Å². The molecule has 0 aliphatic carbocycles. The molecule has 28 heavy (non-hydrogen) atoms. The lowest BCUT2D eigenvalue weighted by Crippen LogP contribution is -2.60. The van der Waals surface area contributed by atoms with Gasteiger partial charge in [-0.05, 0) is 23.0 Å². The summed E-state index contributed by atoms with van der Waals surface area (Å²) in [7, 11) is -13.6. The molecule has 0 aliphatic rings. The number of benzene rings is 1. The predicted molar refractivity (Wildman–Crippen MR) is 88.2 cm³/mol. The second-order valence-electron chi connectivity index (χ2n) is 6.66. The highest BCUT2D eigenvalue weighted by Gasteiger charge is 2.82. The van der Waals surface area contributed by atoms with E-state index in [0.717, 1.165) is 12.1 Å². The Morgan fingerprint density at radius 3 is 1.43 bits per heavy atom. The predicted octanol–water partition coefficient (Wildman–Crippen LogP) is 4.42. The summed E-state index contributed by atoms with van der Waals surface area (Å²) < 4.78 is 138. The number of hydrogen-bond acceptors (Lipinski definition) is 4. The molecule has 1 N–H and O–H groups in total. The molecule has 0 heterocycles. The highest BCUT2D eigenvalue weighted by atomic mass is 32.2. The molecule has 162 valence electrons. The summed E-state index contributed by atoms with van der Waals surface area (Å²) in [5.74, 6) is -8.53. The highest BCUT2D eigenvalue weighted by Crippen LogP contribution is 2.53. The van der Waals surface area contributed by atoms with E-state index in [1.807, 2.05) is 0 Å². The van der Waals surface area contributed by atoms with Crippen molar-refractivity contribution in [2.75, 3.05) is 0 Å². The molecule has 0 atom stereocenters. The molecule has 0 aromatic heterocycles. The van der Waals surface area contributed by atoms with Crippen molar-refractivity contribution in [3.8, 4) is 0 Å². The van der Waals surface area contributed by atoms with Crippen molar-refractivity contribution in [1.29, 1.82) is 0 Å². The van der Waals surface area contributed by atoms with Gasteiger partial charge in [-0.2, -0.15) is 34.8 Å². The average Bonchev–Trinajstić information content (AvgIpc) is 2.52. The molecule has 0 bridgehead atoms. The second-order valence-corrected chi connectivity index (χ2v) is 10.1. The first kappa shape index (κ1) is 24.7. The minimum Gasteiger partial charge on any atom is -0.281 e. The fourth-order valence-electron chi connectivity index (χ4n) is 2.42. The van der Waals surface area contributed by atoms with Crippen LogP contribution in [0.4, 0.5) is 26.3 Å². The Labute approximate surface area is 158 Å². The average molecular weight is 456 g/mol. The Hall–Kier alpha value is -1.34.